The van der Waals surface area contributed by atoms with E-state index in [1.165, 1.54) is 11.1 Å². The van der Waals surface area contributed by atoms with Gasteiger partial charge in [-0.3, -0.25) is 4.40 Å². The van der Waals surface area contributed by atoms with Crippen LogP contribution in [-0.2, 0) is 12.8 Å². The number of hydrogen-bond acceptors (Lipinski definition) is 4. The Kier molecular flexibility index (Phi) is 3.23. The summed E-state index contributed by atoms with van der Waals surface area (Å²) >= 11 is 0. The number of aryl methyl sites for hydroxylation is 2. The molecule has 23 heavy (non-hydrogen) atoms. The predicted octanol–water partition coefficient (Wildman–Crippen LogP) is 3.53. The average molecular weight is 303 g/mol. The molecule has 3 aromatic rings. The Labute approximate surface area is 134 Å². The van der Waals surface area contributed by atoms with Gasteiger partial charge < -0.3 is 5.32 Å². The third-order valence-electron chi connectivity index (χ3n) is 4.46. The topological polar surface area (TPSA) is 66.0 Å². The second-order valence-corrected chi connectivity index (χ2v) is 6.02. The normalized spacial score (nSPS) is 13.6. The predicted molar refractivity (Wildman–Crippen MR) is 88.8 cm³/mol. The highest BCUT2D eigenvalue weighted by atomic mass is 15.3. The smallest absolute Gasteiger partial charge is 0.165 e. The van der Waals surface area contributed by atoms with Crippen molar-refractivity contribution in [1.82, 2.24) is 14.6 Å². The molecule has 1 N–H and O–H groups in total. The molecule has 2 aromatic heterocycles. The molecule has 4 rings (SSSR count). The zero-order valence-corrected chi connectivity index (χ0v) is 13.0. The lowest BCUT2D eigenvalue weighted by Crippen LogP contribution is -2.12. The summed E-state index contributed by atoms with van der Waals surface area (Å²) in [5.74, 6) is 0.763. The van der Waals surface area contributed by atoms with E-state index in [0.29, 0.717) is 5.56 Å². The lowest BCUT2D eigenvalue weighted by Gasteiger charge is -2.21. The van der Waals surface area contributed by atoms with Gasteiger partial charge in [0, 0.05) is 11.3 Å². The first-order chi connectivity index (χ1) is 11.3. The number of hydrogen-bond donors (Lipinski definition) is 1. The van der Waals surface area contributed by atoms with Gasteiger partial charge in [-0.05, 0) is 55.9 Å². The largest absolute Gasteiger partial charge is 0.340 e. The number of pyridine rings is 1. The van der Waals surface area contributed by atoms with Crippen LogP contribution in [0.5, 0.6) is 0 Å². The minimum absolute atomic E-state index is 0.716. The molecule has 0 amide bonds. The molecule has 0 bridgehead atoms. The molecular weight excluding hydrogens is 286 g/mol. The van der Waals surface area contributed by atoms with Crippen LogP contribution in [0, 0.1) is 18.3 Å². The highest BCUT2D eigenvalue weighted by Gasteiger charge is 2.23. The van der Waals surface area contributed by atoms with Gasteiger partial charge in [0.2, 0.25) is 0 Å². The van der Waals surface area contributed by atoms with Crippen molar-refractivity contribution in [3.8, 4) is 6.07 Å². The molecule has 5 heteroatoms. The molecule has 0 unspecified atom stereocenters. The number of nitriles is 1. The summed E-state index contributed by atoms with van der Waals surface area (Å²) in [4.78, 5) is 0. The maximum atomic E-state index is 9.76. The molecule has 0 aliphatic heterocycles. The van der Waals surface area contributed by atoms with Crippen molar-refractivity contribution in [2.24, 2.45) is 0 Å². The van der Waals surface area contributed by atoms with Crippen LogP contribution in [-0.4, -0.2) is 14.6 Å². The molecular formula is C18H17N5. The first-order valence-corrected chi connectivity index (χ1v) is 7.89. The lowest BCUT2D eigenvalue weighted by atomic mass is 9.89. The molecule has 0 fully saturated rings. The summed E-state index contributed by atoms with van der Waals surface area (Å²) in [6.07, 6.45) is 5.85. The van der Waals surface area contributed by atoms with Gasteiger partial charge in [0.15, 0.2) is 5.65 Å². The minimum Gasteiger partial charge on any atom is -0.340 e. The van der Waals surface area contributed by atoms with E-state index in [2.05, 4.69) is 40.6 Å². The molecule has 1 aliphatic rings. The Morgan fingerprint density at radius 3 is 2.83 bits per heavy atom. The molecule has 114 valence electrons. The second kappa shape index (κ2) is 5.40. The Morgan fingerprint density at radius 1 is 1.22 bits per heavy atom. The van der Waals surface area contributed by atoms with Crippen LogP contribution in [0.2, 0.25) is 0 Å². The van der Waals surface area contributed by atoms with E-state index in [0.717, 1.165) is 48.4 Å². The number of aromatic nitrogens is 3. The molecule has 1 aromatic carbocycles. The Balaban J connectivity index is 1.95. The van der Waals surface area contributed by atoms with E-state index in [4.69, 9.17) is 0 Å². The molecule has 0 saturated carbocycles. The van der Waals surface area contributed by atoms with Crippen LogP contribution < -0.4 is 5.32 Å². The van der Waals surface area contributed by atoms with E-state index in [9.17, 15) is 5.26 Å². The third-order valence-corrected chi connectivity index (χ3v) is 4.46. The van der Waals surface area contributed by atoms with Crippen molar-refractivity contribution >= 4 is 17.2 Å². The van der Waals surface area contributed by atoms with Crippen molar-refractivity contribution in [1.29, 1.82) is 5.26 Å². The van der Waals surface area contributed by atoms with Gasteiger partial charge in [-0.1, -0.05) is 12.1 Å². The molecule has 0 saturated heterocycles. The number of benzene rings is 1. The van der Waals surface area contributed by atoms with E-state index in [1.807, 2.05) is 16.5 Å². The zero-order valence-electron chi connectivity index (χ0n) is 13.0. The summed E-state index contributed by atoms with van der Waals surface area (Å²) in [6, 6.07) is 10.5. The number of anilines is 2. The number of nitrogens with one attached hydrogen (secondary N) is 1. The monoisotopic (exact) mass is 303 g/mol. The van der Waals surface area contributed by atoms with E-state index in [1.54, 1.807) is 6.33 Å². The van der Waals surface area contributed by atoms with Gasteiger partial charge in [0.05, 0.1) is 5.56 Å². The molecule has 5 nitrogen and oxygen atoms in total. The number of nitrogens with zero attached hydrogens (tertiary/aromatic N) is 4. The highest BCUT2D eigenvalue weighted by Crippen LogP contribution is 2.33. The van der Waals surface area contributed by atoms with Gasteiger partial charge in [-0.2, -0.15) is 5.26 Å². The summed E-state index contributed by atoms with van der Waals surface area (Å²) in [5, 5.41) is 21.5. The van der Waals surface area contributed by atoms with Crippen LogP contribution in [0.4, 0.5) is 11.5 Å². The molecule has 2 heterocycles. The van der Waals surface area contributed by atoms with Gasteiger partial charge in [0.1, 0.15) is 18.2 Å². The standard InChI is InChI=1S/C18H17N5/c1-12-5-4-6-13(9-12)21-17-16(10-19)14-7-2-3-8-15(14)18-22-20-11-23(17)18/h4-6,9,11,21H,2-3,7-8H2,1H3. The van der Waals surface area contributed by atoms with Crippen LogP contribution in [0.1, 0.15) is 35.1 Å². The average Bonchev–Trinajstić information content (AvgIpc) is 3.05. The molecule has 0 radical (unpaired) electrons. The van der Waals surface area contributed by atoms with Crippen LogP contribution >= 0.6 is 0 Å². The van der Waals surface area contributed by atoms with Crippen molar-refractivity contribution in [3.05, 3.63) is 52.8 Å². The lowest BCUT2D eigenvalue weighted by molar-refractivity contribution is 0.683. The van der Waals surface area contributed by atoms with E-state index < -0.39 is 0 Å². The van der Waals surface area contributed by atoms with Gasteiger partial charge in [0.25, 0.3) is 0 Å². The first kappa shape index (κ1) is 13.8. The Bertz CT molecular complexity index is 932. The van der Waals surface area contributed by atoms with Gasteiger partial charge in [-0.25, -0.2) is 0 Å². The summed E-state index contributed by atoms with van der Waals surface area (Å²) < 4.78 is 1.91. The number of fused-ring (bicyclic) bond motifs is 3. The maximum Gasteiger partial charge on any atom is 0.165 e. The molecule has 0 spiro atoms. The fraction of sp³-hybridized carbons (Fsp3) is 0.278. The van der Waals surface area contributed by atoms with Crippen LogP contribution in [0.15, 0.2) is 30.6 Å². The summed E-state index contributed by atoms with van der Waals surface area (Å²) in [6.45, 7) is 2.05. The molecule has 1 aliphatic carbocycles. The zero-order chi connectivity index (χ0) is 15.8. The Hall–Kier alpha value is -2.87. The van der Waals surface area contributed by atoms with E-state index in [-0.39, 0.29) is 0 Å². The third kappa shape index (κ3) is 2.23. The van der Waals surface area contributed by atoms with Crippen molar-refractivity contribution in [2.45, 2.75) is 32.6 Å². The fourth-order valence-corrected chi connectivity index (χ4v) is 3.40. The second-order valence-electron chi connectivity index (χ2n) is 6.02. The Morgan fingerprint density at radius 2 is 2.04 bits per heavy atom. The first-order valence-electron chi connectivity index (χ1n) is 7.89. The maximum absolute atomic E-state index is 9.76. The van der Waals surface area contributed by atoms with Crippen LogP contribution in [0.3, 0.4) is 0 Å². The van der Waals surface area contributed by atoms with E-state index >= 15 is 0 Å². The quantitative estimate of drug-likeness (QED) is 0.786. The summed E-state index contributed by atoms with van der Waals surface area (Å²) in [7, 11) is 0. The van der Waals surface area contributed by atoms with Crippen molar-refractivity contribution < 1.29 is 0 Å². The highest BCUT2D eigenvalue weighted by molar-refractivity contribution is 5.72. The van der Waals surface area contributed by atoms with Crippen molar-refractivity contribution in [2.75, 3.05) is 5.32 Å². The SMILES string of the molecule is Cc1cccc(Nc2c(C#N)c3c(c4nncn24)CCCC3)c1. The number of rotatable bonds is 2. The summed E-state index contributed by atoms with van der Waals surface area (Å²) in [5.41, 5.74) is 6.04. The fourth-order valence-electron chi connectivity index (χ4n) is 3.40. The van der Waals surface area contributed by atoms with Gasteiger partial charge >= 0.3 is 0 Å². The minimum atomic E-state index is 0.716. The van der Waals surface area contributed by atoms with Crippen LogP contribution in [0.25, 0.3) is 5.65 Å². The molecule has 0 atom stereocenters. The van der Waals surface area contributed by atoms with Crippen molar-refractivity contribution in [3.63, 3.8) is 0 Å². The van der Waals surface area contributed by atoms with Gasteiger partial charge in [-0.15, -0.1) is 10.2 Å².